The number of aromatic carboxylic acids is 1. The van der Waals surface area contributed by atoms with Gasteiger partial charge in [-0.1, -0.05) is 0 Å². The summed E-state index contributed by atoms with van der Waals surface area (Å²) in [7, 11) is 0. The predicted octanol–water partition coefficient (Wildman–Crippen LogP) is 0.386. The lowest BCUT2D eigenvalue weighted by molar-refractivity contribution is 0.0677. The maximum absolute atomic E-state index is 10.6. The summed E-state index contributed by atoms with van der Waals surface area (Å²) in [6.45, 7) is 0.745. The van der Waals surface area contributed by atoms with Gasteiger partial charge in [-0.05, 0) is 18.8 Å². The molecule has 5 heteroatoms. The summed E-state index contributed by atoms with van der Waals surface area (Å²) in [5.74, 6) is -0.325. The first-order chi connectivity index (χ1) is 5.77. The number of rotatable bonds is 3. The van der Waals surface area contributed by atoms with Crippen LogP contribution in [0.25, 0.3) is 0 Å². The summed E-state index contributed by atoms with van der Waals surface area (Å²) in [6, 6.07) is 0. The monoisotopic (exact) mass is 167 g/mol. The van der Waals surface area contributed by atoms with Crippen molar-refractivity contribution in [3.05, 3.63) is 12.2 Å². The fourth-order valence-electron chi connectivity index (χ4n) is 1.13. The maximum atomic E-state index is 10.6. The Bertz CT molecular complexity index is 303. The standard InChI is InChI=1S/C7H9N3O2/c11-7(12)6-9-8-4-10(6)3-5-1-2-5/h4-5H,1-3H2,(H,11,12). The van der Waals surface area contributed by atoms with Gasteiger partial charge in [0.05, 0.1) is 0 Å². The van der Waals surface area contributed by atoms with E-state index in [0.717, 1.165) is 6.54 Å². The van der Waals surface area contributed by atoms with Gasteiger partial charge in [0.15, 0.2) is 0 Å². The van der Waals surface area contributed by atoms with Crippen LogP contribution in [0.3, 0.4) is 0 Å². The second-order valence-corrected chi connectivity index (χ2v) is 3.06. The van der Waals surface area contributed by atoms with E-state index < -0.39 is 5.97 Å². The first-order valence-electron chi connectivity index (χ1n) is 3.88. The third-order valence-electron chi connectivity index (χ3n) is 1.96. The van der Waals surface area contributed by atoms with E-state index in [2.05, 4.69) is 10.2 Å². The normalized spacial score (nSPS) is 16.3. The molecule has 1 aliphatic carbocycles. The number of carbonyl (C=O) groups is 1. The molecular formula is C7H9N3O2. The molecule has 1 aromatic heterocycles. The molecule has 1 aromatic rings. The van der Waals surface area contributed by atoms with Crippen molar-refractivity contribution in [2.24, 2.45) is 5.92 Å². The molecule has 0 aromatic carbocycles. The summed E-state index contributed by atoms with van der Waals surface area (Å²) in [6.07, 6.45) is 3.86. The zero-order valence-electron chi connectivity index (χ0n) is 6.47. The van der Waals surface area contributed by atoms with E-state index in [9.17, 15) is 4.79 Å². The highest BCUT2D eigenvalue weighted by atomic mass is 16.4. The van der Waals surface area contributed by atoms with E-state index >= 15 is 0 Å². The summed E-state index contributed by atoms with van der Waals surface area (Å²) >= 11 is 0. The number of aromatic nitrogens is 3. The third kappa shape index (κ3) is 1.30. The minimum atomic E-state index is -1.01. The van der Waals surface area contributed by atoms with Crippen molar-refractivity contribution in [1.29, 1.82) is 0 Å². The highest BCUT2D eigenvalue weighted by Crippen LogP contribution is 2.30. The molecule has 2 rings (SSSR count). The molecule has 1 saturated carbocycles. The van der Waals surface area contributed by atoms with E-state index in [1.54, 1.807) is 4.57 Å². The smallest absolute Gasteiger partial charge is 0.374 e. The van der Waals surface area contributed by atoms with Crippen LogP contribution in [0.4, 0.5) is 0 Å². The quantitative estimate of drug-likeness (QED) is 0.706. The van der Waals surface area contributed by atoms with Crippen LogP contribution in [0.15, 0.2) is 6.33 Å². The molecule has 1 N–H and O–H groups in total. The number of carboxylic acids is 1. The van der Waals surface area contributed by atoms with Crippen LogP contribution in [0.1, 0.15) is 23.5 Å². The van der Waals surface area contributed by atoms with Gasteiger partial charge in [0.2, 0.25) is 5.82 Å². The number of carboxylic acid groups (broad SMARTS) is 1. The average Bonchev–Trinajstić information content (AvgIpc) is 2.66. The molecular weight excluding hydrogens is 158 g/mol. The van der Waals surface area contributed by atoms with Crippen molar-refractivity contribution < 1.29 is 9.90 Å². The summed E-state index contributed by atoms with van der Waals surface area (Å²) in [5.41, 5.74) is 0. The Hall–Kier alpha value is -1.39. The molecule has 0 saturated heterocycles. The predicted molar refractivity (Wildman–Crippen MR) is 39.7 cm³/mol. The topological polar surface area (TPSA) is 68.0 Å². The van der Waals surface area contributed by atoms with Crippen LogP contribution < -0.4 is 0 Å². The van der Waals surface area contributed by atoms with Gasteiger partial charge in [-0.25, -0.2) is 4.79 Å². The van der Waals surface area contributed by atoms with Gasteiger partial charge < -0.3 is 9.67 Å². The summed E-state index contributed by atoms with van der Waals surface area (Å²) < 4.78 is 1.60. The van der Waals surface area contributed by atoms with Crippen molar-refractivity contribution in [3.63, 3.8) is 0 Å². The zero-order valence-corrected chi connectivity index (χ0v) is 6.47. The molecule has 0 spiro atoms. The fraction of sp³-hybridized carbons (Fsp3) is 0.571. The van der Waals surface area contributed by atoms with Crippen molar-refractivity contribution in [3.8, 4) is 0 Å². The van der Waals surface area contributed by atoms with Crippen LogP contribution in [0, 0.1) is 5.92 Å². The Balaban J connectivity index is 2.17. The van der Waals surface area contributed by atoms with Crippen LogP contribution >= 0.6 is 0 Å². The lowest BCUT2D eigenvalue weighted by atomic mass is 10.4. The van der Waals surface area contributed by atoms with E-state index in [0.29, 0.717) is 5.92 Å². The van der Waals surface area contributed by atoms with Crippen molar-refractivity contribution in [1.82, 2.24) is 14.8 Å². The lowest BCUT2D eigenvalue weighted by Gasteiger charge is -1.99. The molecule has 0 unspecified atom stereocenters. The highest BCUT2D eigenvalue weighted by Gasteiger charge is 2.24. The van der Waals surface area contributed by atoms with Gasteiger partial charge in [-0.2, -0.15) is 0 Å². The van der Waals surface area contributed by atoms with Crippen molar-refractivity contribution in [2.45, 2.75) is 19.4 Å². The Morgan fingerprint density at radius 2 is 2.50 bits per heavy atom. The average molecular weight is 167 g/mol. The third-order valence-corrected chi connectivity index (χ3v) is 1.96. The summed E-state index contributed by atoms with van der Waals surface area (Å²) in [5, 5.41) is 15.7. The molecule has 0 atom stereocenters. The Morgan fingerprint density at radius 3 is 3.08 bits per heavy atom. The van der Waals surface area contributed by atoms with E-state index in [1.807, 2.05) is 0 Å². The van der Waals surface area contributed by atoms with Crippen molar-refractivity contribution >= 4 is 5.97 Å². The molecule has 0 radical (unpaired) electrons. The van der Waals surface area contributed by atoms with Crippen molar-refractivity contribution in [2.75, 3.05) is 0 Å². The van der Waals surface area contributed by atoms with Crippen LogP contribution in [-0.4, -0.2) is 25.8 Å². The summed E-state index contributed by atoms with van der Waals surface area (Å²) in [4.78, 5) is 10.6. The molecule has 64 valence electrons. The van der Waals surface area contributed by atoms with Gasteiger partial charge >= 0.3 is 5.97 Å². The van der Waals surface area contributed by atoms with Crippen LogP contribution in [0.5, 0.6) is 0 Å². The molecule has 12 heavy (non-hydrogen) atoms. The minimum Gasteiger partial charge on any atom is -0.475 e. The SMILES string of the molecule is O=C(O)c1nncn1CC1CC1. The van der Waals surface area contributed by atoms with E-state index in [1.165, 1.54) is 19.2 Å². The highest BCUT2D eigenvalue weighted by molar-refractivity contribution is 5.83. The second kappa shape index (κ2) is 2.58. The van der Waals surface area contributed by atoms with Gasteiger partial charge in [0, 0.05) is 6.54 Å². The Kier molecular flexibility index (Phi) is 1.56. The van der Waals surface area contributed by atoms with E-state index in [-0.39, 0.29) is 5.82 Å². The van der Waals surface area contributed by atoms with E-state index in [4.69, 9.17) is 5.11 Å². The first kappa shape index (κ1) is 7.27. The molecule has 1 heterocycles. The van der Waals surface area contributed by atoms with Gasteiger partial charge in [-0.15, -0.1) is 10.2 Å². The maximum Gasteiger partial charge on any atom is 0.374 e. The molecule has 1 aliphatic rings. The Labute approximate surface area is 69.0 Å². The molecule has 0 aliphatic heterocycles. The molecule has 1 fully saturated rings. The van der Waals surface area contributed by atoms with Gasteiger partial charge in [-0.3, -0.25) is 0 Å². The fourth-order valence-corrected chi connectivity index (χ4v) is 1.13. The second-order valence-electron chi connectivity index (χ2n) is 3.06. The van der Waals surface area contributed by atoms with Gasteiger partial charge in [0.25, 0.3) is 0 Å². The Morgan fingerprint density at radius 1 is 1.75 bits per heavy atom. The lowest BCUT2D eigenvalue weighted by Crippen LogP contribution is -2.10. The number of hydrogen-bond donors (Lipinski definition) is 1. The molecule has 0 amide bonds. The molecule has 0 bridgehead atoms. The number of hydrogen-bond acceptors (Lipinski definition) is 3. The number of nitrogens with zero attached hydrogens (tertiary/aromatic N) is 3. The first-order valence-corrected chi connectivity index (χ1v) is 3.88. The van der Waals surface area contributed by atoms with Gasteiger partial charge in [0.1, 0.15) is 6.33 Å². The minimum absolute atomic E-state index is 0.0434. The molecule has 5 nitrogen and oxygen atoms in total. The largest absolute Gasteiger partial charge is 0.475 e. The zero-order chi connectivity index (χ0) is 8.55. The van der Waals surface area contributed by atoms with Crippen LogP contribution in [0.2, 0.25) is 0 Å². The van der Waals surface area contributed by atoms with Crippen LogP contribution in [-0.2, 0) is 6.54 Å².